The number of amides is 3. The van der Waals surface area contributed by atoms with Crippen LogP contribution in [0.3, 0.4) is 0 Å². The number of alkyl carbamates (subject to hydrolysis) is 1. The van der Waals surface area contributed by atoms with Crippen LogP contribution in [0.4, 0.5) is 4.79 Å². The van der Waals surface area contributed by atoms with Crippen LogP contribution in [0.25, 0.3) is 0 Å². The molecule has 0 aliphatic heterocycles. The van der Waals surface area contributed by atoms with Crippen LogP contribution in [0, 0.1) is 0 Å². The number of benzene rings is 1. The van der Waals surface area contributed by atoms with Crippen molar-refractivity contribution in [2.45, 2.75) is 77.6 Å². The molecule has 3 amide bonds. The standard InChI is InChI=1S/C22H33N3O5/c1-21(2,3)24-19(28)18(14-8-7-9-16(26)12-14)25(15-10-11-15)17(27)13-23-20(29)30-22(4,5)6/h7-9,12,15,18,26H,10-11,13H2,1-6H3,(H,23,29)(H,24,28). The fourth-order valence-corrected chi connectivity index (χ4v) is 3.04. The Hall–Kier alpha value is -2.77. The van der Waals surface area contributed by atoms with E-state index in [0.717, 1.165) is 12.8 Å². The highest BCUT2D eigenvalue weighted by molar-refractivity contribution is 5.91. The molecule has 166 valence electrons. The first-order chi connectivity index (χ1) is 13.8. The summed E-state index contributed by atoms with van der Waals surface area (Å²) in [5.41, 5.74) is -0.673. The molecule has 1 saturated carbocycles. The van der Waals surface area contributed by atoms with Crippen LogP contribution in [0.15, 0.2) is 24.3 Å². The van der Waals surface area contributed by atoms with E-state index in [1.54, 1.807) is 32.9 Å². The van der Waals surface area contributed by atoms with E-state index in [2.05, 4.69) is 10.6 Å². The van der Waals surface area contributed by atoms with Gasteiger partial charge in [-0.3, -0.25) is 9.59 Å². The lowest BCUT2D eigenvalue weighted by atomic mass is 10.0. The number of ether oxygens (including phenoxy) is 1. The molecule has 1 aromatic rings. The lowest BCUT2D eigenvalue weighted by molar-refractivity contribution is -0.141. The van der Waals surface area contributed by atoms with Gasteiger partial charge in [-0.1, -0.05) is 12.1 Å². The summed E-state index contributed by atoms with van der Waals surface area (Å²) in [5, 5.41) is 15.3. The molecule has 0 saturated heterocycles. The normalized spacial score (nSPS) is 15.1. The van der Waals surface area contributed by atoms with Crippen molar-refractivity contribution in [3.63, 3.8) is 0 Å². The van der Waals surface area contributed by atoms with Gasteiger partial charge >= 0.3 is 6.09 Å². The summed E-state index contributed by atoms with van der Waals surface area (Å²) in [6.45, 7) is 10.5. The first-order valence-corrected chi connectivity index (χ1v) is 10.2. The van der Waals surface area contributed by atoms with Crippen LogP contribution in [0.1, 0.15) is 66.0 Å². The molecule has 3 N–H and O–H groups in total. The quantitative estimate of drug-likeness (QED) is 0.657. The number of nitrogens with one attached hydrogen (secondary N) is 2. The highest BCUT2D eigenvalue weighted by Crippen LogP contribution is 2.36. The third kappa shape index (κ3) is 7.24. The van der Waals surface area contributed by atoms with Crippen molar-refractivity contribution in [1.29, 1.82) is 0 Å². The molecule has 1 aliphatic rings. The fraction of sp³-hybridized carbons (Fsp3) is 0.591. The average molecular weight is 420 g/mol. The van der Waals surface area contributed by atoms with Crippen LogP contribution < -0.4 is 10.6 Å². The second kappa shape index (κ2) is 8.93. The van der Waals surface area contributed by atoms with E-state index in [1.165, 1.54) is 17.0 Å². The molecule has 0 bridgehead atoms. The summed E-state index contributed by atoms with van der Waals surface area (Å²) in [5.74, 6) is -0.720. The number of hydrogen-bond donors (Lipinski definition) is 3. The fourth-order valence-electron chi connectivity index (χ4n) is 3.04. The topological polar surface area (TPSA) is 108 Å². The molecule has 1 aliphatic carbocycles. The maximum absolute atomic E-state index is 13.2. The molecule has 1 atom stereocenters. The number of phenolic OH excluding ortho intramolecular Hbond substituents is 1. The summed E-state index contributed by atoms with van der Waals surface area (Å²) in [6, 6.07) is 5.31. The minimum absolute atomic E-state index is 0.0103. The first kappa shape index (κ1) is 23.5. The zero-order valence-corrected chi connectivity index (χ0v) is 18.6. The number of aromatic hydroxyl groups is 1. The lowest BCUT2D eigenvalue weighted by Gasteiger charge is -2.34. The molecular formula is C22H33N3O5. The predicted octanol–water partition coefficient (Wildman–Crippen LogP) is 2.86. The molecule has 8 nitrogen and oxygen atoms in total. The van der Waals surface area contributed by atoms with Gasteiger partial charge in [-0.05, 0) is 72.1 Å². The van der Waals surface area contributed by atoms with Gasteiger partial charge in [0.1, 0.15) is 23.9 Å². The molecule has 0 aromatic heterocycles. The molecule has 0 heterocycles. The number of carbonyl (C=O) groups excluding carboxylic acids is 3. The minimum atomic E-state index is -0.920. The van der Waals surface area contributed by atoms with Gasteiger partial charge in [-0.25, -0.2) is 4.79 Å². The van der Waals surface area contributed by atoms with Crippen LogP contribution in [0.2, 0.25) is 0 Å². The predicted molar refractivity (Wildman–Crippen MR) is 113 cm³/mol. The number of rotatable bonds is 6. The Kier molecular flexibility index (Phi) is 7.00. The number of hydrogen-bond acceptors (Lipinski definition) is 5. The molecule has 1 aromatic carbocycles. The van der Waals surface area contributed by atoms with Gasteiger partial charge in [0.2, 0.25) is 11.8 Å². The first-order valence-electron chi connectivity index (χ1n) is 10.2. The molecule has 1 fully saturated rings. The van der Waals surface area contributed by atoms with Crippen molar-refractivity contribution in [2.24, 2.45) is 0 Å². The maximum Gasteiger partial charge on any atom is 0.408 e. The van der Waals surface area contributed by atoms with E-state index >= 15 is 0 Å². The van der Waals surface area contributed by atoms with Crippen molar-refractivity contribution in [3.8, 4) is 5.75 Å². The highest BCUT2D eigenvalue weighted by atomic mass is 16.6. The van der Waals surface area contributed by atoms with Crippen LogP contribution in [0.5, 0.6) is 5.75 Å². The maximum atomic E-state index is 13.2. The van der Waals surface area contributed by atoms with Crippen LogP contribution in [-0.4, -0.2) is 51.6 Å². The van der Waals surface area contributed by atoms with Crippen molar-refractivity contribution < 1.29 is 24.2 Å². The molecular weight excluding hydrogens is 386 g/mol. The van der Waals surface area contributed by atoms with Crippen molar-refractivity contribution in [3.05, 3.63) is 29.8 Å². The Morgan fingerprint density at radius 1 is 1.17 bits per heavy atom. The second-order valence-electron chi connectivity index (χ2n) is 9.62. The number of nitrogens with zero attached hydrogens (tertiary/aromatic N) is 1. The molecule has 0 spiro atoms. The summed E-state index contributed by atoms with van der Waals surface area (Å²) < 4.78 is 5.18. The van der Waals surface area contributed by atoms with Crippen LogP contribution >= 0.6 is 0 Å². The van der Waals surface area contributed by atoms with Gasteiger partial charge in [-0.15, -0.1) is 0 Å². The Morgan fingerprint density at radius 3 is 2.30 bits per heavy atom. The molecule has 0 radical (unpaired) electrons. The Morgan fingerprint density at radius 2 is 1.80 bits per heavy atom. The molecule has 30 heavy (non-hydrogen) atoms. The Bertz CT molecular complexity index is 791. The number of phenols is 1. The van der Waals surface area contributed by atoms with Crippen molar-refractivity contribution >= 4 is 17.9 Å². The summed E-state index contributed by atoms with van der Waals surface area (Å²) in [7, 11) is 0. The molecule has 1 unspecified atom stereocenters. The monoisotopic (exact) mass is 419 g/mol. The van der Waals surface area contributed by atoms with E-state index in [-0.39, 0.29) is 30.2 Å². The van der Waals surface area contributed by atoms with E-state index in [9.17, 15) is 19.5 Å². The molecule has 8 heteroatoms. The van der Waals surface area contributed by atoms with Gasteiger partial charge < -0.3 is 25.4 Å². The van der Waals surface area contributed by atoms with Gasteiger partial charge in [0.25, 0.3) is 0 Å². The van der Waals surface area contributed by atoms with Gasteiger partial charge in [-0.2, -0.15) is 0 Å². The average Bonchev–Trinajstić information content (AvgIpc) is 3.38. The van der Waals surface area contributed by atoms with Gasteiger partial charge in [0, 0.05) is 11.6 Å². The minimum Gasteiger partial charge on any atom is -0.508 e. The van der Waals surface area contributed by atoms with E-state index < -0.39 is 23.3 Å². The van der Waals surface area contributed by atoms with Crippen LogP contribution in [-0.2, 0) is 14.3 Å². The Balaban J connectivity index is 2.27. The SMILES string of the molecule is CC(C)(C)NC(=O)C(c1cccc(O)c1)N(C(=O)CNC(=O)OC(C)(C)C)C1CC1. The smallest absolute Gasteiger partial charge is 0.408 e. The summed E-state index contributed by atoms with van der Waals surface area (Å²) in [4.78, 5) is 39.7. The largest absolute Gasteiger partial charge is 0.508 e. The van der Waals surface area contributed by atoms with Gasteiger partial charge in [0.15, 0.2) is 0 Å². The highest BCUT2D eigenvalue weighted by Gasteiger charge is 2.42. The Labute approximate surface area is 178 Å². The van der Waals surface area contributed by atoms with Crippen molar-refractivity contribution in [1.82, 2.24) is 15.5 Å². The summed E-state index contributed by atoms with van der Waals surface area (Å²) >= 11 is 0. The second-order valence-corrected chi connectivity index (χ2v) is 9.62. The third-order valence-electron chi connectivity index (χ3n) is 4.22. The third-order valence-corrected chi connectivity index (χ3v) is 4.22. The zero-order chi connectivity index (χ0) is 22.7. The van der Waals surface area contributed by atoms with Crippen molar-refractivity contribution in [2.75, 3.05) is 6.54 Å². The molecule has 2 rings (SSSR count). The van der Waals surface area contributed by atoms with E-state index in [4.69, 9.17) is 4.74 Å². The zero-order valence-electron chi connectivity index (χ0n) is 18.6. The van der Waals surface area contributed by atoms with E-state index in [1.807, 2.05) is 20.8 Å². The number of carbonyl (C=O) groups is 3. The lowest BCUT2D eigenvalue weighted by Crippen LogP contribution is -2.52. The summed E-state index contributed by atoms with van der Waals surface area (Å²) in [6.07, 6.45) is 0.853. The van der Waals surface area contributed by atoms with E-state index in [0.29, 0.717) is 5.56 Å². The van der Waals surface area contributed by atoms with Gasteiger partial charge in [0.05, 0.1) is 0 Å².